The van der Waals surface area contributed by atoms with E-state index in [9.17, 15) is 9.59 Å². The van der Waals surface area contributed by atoms with Crippen LogP contribution >= 0.6 is 0 Å². The van der Waals surface area contributed by atoms with E-state index in [-0.39, 0.29) is 11.8 Å². The van der Waals surface area contributed by atoms with E-state index in [1.807, 2.05) is 85.1 Å². The summed E-state index contributed by atoms with van der Waals surface area (Å²) < 4.78 is 7.00. The molecule has 7 nitrogen and oxygen atoms in total. The average molecular weight is 469 g/mol. The second-order valence-corrected chi connectivity index (χ2v) is 8.41. The number of imidazole rings is 1. The van der Waals surface area contributed by atoms with Crippen LogP contribution < -0.4 is 15.4 Å². The molecule has 178 valence electrons. The molecule has 35 heavy (non-hydrogen) atoms. The molecule has 0 spiro atoms. The van der Waals surface area contributed by atoms with Crippen LogP contribution in [0.1, 0.15) is 43.1 Å². The van der Waals surface area contributed by atoms with Crippen molar-refractivity contribution in [1.29, 1.82) is 0 Å². The highest BCUT2D eigenvalue weighted by Gasteiger charge is 2.10. The summed E-state index contributed by atoms with van der Waals surface area (Å²) in [5.41, 5.74) is 5.95. The first-order chi connectivity index (χ1) is 16.9. The molecule has 0 aliphatic rings. The van der Waals surface area contributed by atoms with Gasteiger partial charge in [-0.25, -0.2) is 4.98 Å². The van der Waals surface area contributed by atoms with Crippen LogP contribution in [-0.2, 0) is 13.1 Å². The third kappa shape index (κ3) is 6.14. The van der Waals surface area contributed by atoms with Crippen molar-refractivity contribution in [3.63, 3.8) is 0 Å². The van der Waals surface area contributed by atoms with Crippen LogP contribution in [0.15, 0.2) is 79.3 Å². The number of carbonyl (C=O) groups excluding carboxylic acids is 2. The number of ether oxygens (including phenoxy) is 1. The maximum Gasteiger partial charge on any atom is 0.271 e. The fraction of sp³-hybridized carbons (Fsp3) is 0.179. The largest absolute Gasteiger partial charge is 0.497 e. The number of aromatic nitrogens is 2. The van der Waals surface area contributed by atoms with Crippen LogP contribution in [0.2, 0.25) is 0 Å². The van der Waals surface area contributed by atoms with Gasteiger partial charge in [0.05, 0.1) is 13.4 Å². The van der Waals surface area contributed by atoms with Crippen molar-refractivity contribution in [2.75, 3.05) is 12.4 Å². The molecule has 1 heterocycles. The fourth-order valence-electron chi connectivity index (χ4n) is 3.57. The maximum atomic E-state index is 12.5. The third-order valence-electron chi connectivity index (χ3n) is 5.82. The number of benzene rings is 3. The van der Waals surface area contributed by atoms with Crippen LogP contribution in [0.5, 0.6) is 5.75 Å². The molecule has 0 aliphatic heterocycles. The molecule has 4 aromatic rings. The SMILES string of the molecule is COc1ccc(CNC(=O)c2cn(Cc3ccc(NC(=O)c4ccc(C)c(C)c4)cc3)cn2)cc1. The van der Waals surface area contributed by atoms with E-state index in [4.69, 9.17) is 4.74 Å². The van der Waals surface area contributed by atoms with Gasteiger partial charge in [0.15, 0.2) is 0 Å². The fourth-order valence-corrected chi connectivity index (χ4v) is 3.57. The Kier molecular flexibility index (Phi) is 7.26. The zero-order valence-electron chi connectivity index (χ0n) is 20.0. The van der Waals surface area contributed by atoms with Crippen molar-refractivity contribution < 1.29 is 14.3 Å². The number of methoxy groups -OCH3 is 1. The number of anilines is 1. The molecule has 0 atom stereocenters. The summed E-state index contributed by atoms with van der Waals surface area (Å²) in [5, 5.41) is 5.81. The normalized spacial score (nSPS) is 10.6. The van der Waals surface area contributed by atoms with Gasteiger partial charge in [-0.3, -0.25) is 9.59 Å². The molecule has 7 heteroatoms. The number of aryl methyl sites for hydroxylation is 2. The standard InChI is InChI=1S/C28H28N4O3/c1-19-4-9-23(14-20(19)2)27(33)31-24-10-5-22(6-11-24)16-32-17-26(30-18-32)28(34)29-15-21-7-12-25(35-3)13-8-21/h4-14,17-18H,15-16H2,1-3H3,(H,29,34)(H,31,33). The van der Waals surface area contributed by atoms with E-state index in [0.29, 0.717) is 24.3 Å². The molecule has 2 N–H and O–H groups in total. The van der Waals surface area contributed by atoms with Gasteiger partial charge in [0, 0.05) is 30.5 Å². The van der Waals surface area contributed by atoms with E-state index in [1.54, 1.807) is 19.6 Å². The summed E-state index contributed by atoms with van der Waals surface area (Å²) in [6, 6.07) is 20.8. The zero-order valence-corrected chi connectivity index (χ0v) is 20.0. The van der Waals surface area contributed by atoms with Gasteiger partial charge in [0.2, 0.25) is 0 Å². The van der Waals surface area contributed by atoms with Gasteiger partial charge in [-0.05, 0) is 72.5 Å². The topological polar surface area (TPSA) is 85.2 Å². The van der Waals surface area contributed by atoms with E-state index >= 15 is 0 Å². The predicted molar refractivity (Wildman–Crippen MR) is 136 cm³/mol. The average Bonchev–Trinajstić information content (AvgIpc) is 3.34. The monoisotopic (exact) mass is 468 g/mol. The molecule has 0 aliphatic carbocycles. The summed E-state index contributed by atoms with van der Waals surface area (Å²) in [6.45, 7) is 4.98. The van der Waals surface area contributed by atoms with E-state index in [1.165, 1.54) is 0 Å². The molecular formula is C28H28N4O3. The summed E-state index contributed by atoms with van der Waals surface area (Å²) in [6.07, 6.45) is 3.36. The van der Waals surface area contributed by atoms with Gasteiger partial charge in [-0.1, -0.05) is 30.3 Å². The molecule has 0 unspecified atom stereocenters. The number of hydrogen-bond donors (Lipinski definition) is 2. The Hall–Kier alpha value is -4.39. The van der Waals surface area contributed by atoms with Gasteiger partial charge in [-0.15, -0.1) is 0 Å². The van der Waals surface area contributed by atoms with Gasteiger partial charge in [-0.2, -0.15) is 0 Å². The second-order valence-electron chi connectivity index (χ2n) is 8.41. The molecule has 0 saturated heterocycles. The summed E-state index contributed by atoms with van der Waals surface area (Å²) in [4.78, 5) is 29.2. The molecule has 0 bridgehead atoms. The molecule has 0 fully saturated rings. The van der Waals surface area contributed by atoms with Crippen LogP contribution in [0.25, 0.3) is 0 Å². The Morgan fingerprint density at radius 2 is 1.60 bits per heavy atom. The number of hydrogen-bond acceptors (Lipinski definition) is 4. The van der Waals surface area contributed by atoms with Crippen LogP contribution in [-0.4, -0.2) is 28.5 Å². The lowest BCUT2D eigenvalue weighted by atomic mass is 10.1. The third-order valence-corrected chi connectivity index (χ3v) is 5.82. The molecule has 1 aromatic heterocycles. The lowest BCUT2D eigenvalue weighted by Crippen LogP contribution is -2.23. The lowest BCUT2D eigenvalue weighted by Gasteiger charge is -2.08. The second kappa shape index (κ2) is 10.7. The molecule has 2 amide bonds. The molecule has 3 aromatic carbocycles. The quantitative estimate of drug-likeness (QED) is 0.391. The highest BCUT2D eigenvalue weighted by atomic mass is 16.5. The van der Waals surface area contributed by atoms with Crippen LogP contribution in [0.3, 0.4) is 0 Å². The first-order valence-electron chi connectivity index (χ1n) is 11.3. The number of rotatable bonds is 8. The van der Waals surface area contributed by atoms with Crippen LogP contribution in [0.4, 0.5) is 5.69 Å². The van der Waals surface area contributed by atoms with Crippen molar-refractivity contribution in [3.05, 3.63) is 113 Å². The van der Waals surface area contributed by atoms with Crippen molar-refractivity contribution in [2.24, 2.45) is 0 Å². The lowest BCUT2D eigenvalue weighted by molar-refractivity contribution is 0.0945. The highest BCUT2D eigenvalue weighted by Crippen LogP contribution is 2.15. The first kappa shape index (κ1) is 23.8. The van der Waals surface area contributed by atoms with Crippen molar-refractivity contribution in [2.45, 2.75) is 26.9 Å². The minimum absolute atomic E-state index is 0.138. The number of carbonyl (C=O) groups is 2. The molecule has 4 rings (SSSR count). The summed E-state index contributed by atoms with van der Waals surface area (Å²) in [5.74, 6) is 0.403. The number of nitrogens with one attached hydrogen (secondary N) is 2. The zero-order chi connectivity index (χ0) is 24.8. The minimum atomic E-state index is -0.232. The Labute approximate surface area is 204 Å². The van der Waals surface area contributed by atoms with Crippen molar-refractivity contribution in [1.82, 2.24) is 14.9 Å². The predicted octanol–water partition coefficient (Wildman–Crippen LogP) is 4.74. The smallest absolute Gasteiger partial charge is 0.271 e. The Morgan fingerprint density at radius 3 is 2.29 bits per heavy atom. The van der Waals surface area contributed by atoms with E-state index in [0.717, 1.165) is 33.7 Å². The number of nitrogens with zero attached hydrogens (tertiary/aromatic N) is 2. The van der Waals surface area contributed by atoms with Gasteiger partial charge in [0.1, 0.15) is 11.4 Å². The Bertz CT molecular complexity index is 1330. The Morgan fingerprint density at radius 1 is 0.886 bits per heavy atom. The maximum absolute atomic E-state index is 12.5. The highest BCUT2D eigenvalue weighted by molar-refractivity contribution is 6.04. The van der Waals surface area contributed by atoms with E-state index < -0.39 is 0 Å². The molecule has 0 saturated carbocycles. The van der Waals surface area contributed by atoms with Crippen LogP contribution in [0, 0.1) is 13.8 Å². The van der Waals surface area contributed by atoms with Gasteiger partial charge >= 0.3 is 0 Å². The number of amides is 2. The first-order valence-corrected chi connectivity index (χ1v) is 11.3. The van der Waals surface area contributed by atoms with Gasteiger partial charge in [0.25, 0.3) is 11.8 Å². The van der Waals surface area contributed by atoms with Crippen molar-refractivity contribution in [3.8, 4) is 5.75 Å². The van der Waals surface area contributed by atoms with Gasteiger partial charge < -0.3 is 19.9 Å². The minimum Gasteiger partial charge on any atom is -0.497 e. The molecule has 0 radical (unpaired) electrons. The summed E-state index contributed by atoms with van der Waals surface area (Å²) >= 11 is 0. The van der Waals surface area contributed by atoms with Crippen molar-refractivity contribution >= 4 is 17.5 Å². The van der Waals surface area contributed by atoms with E-state index in [2.05, 4.69) is 15.6 Å². The molecular weight excluding hydrogens is 440 g/mol. The Balaban J connectivity index is 1.31. The summed E-state index contributed by atoms with van der Waals surface area (Å²) in [7, 11) is 1.62.